The van der Waals surface area contributed by atoms with Crippen molar-refractivity contribution < 1.29 is 29.0 Å². The predicted octanol–water partition coefficient (Wildman–Crippen LogP) is 6.68. The number of allylic oxidation sites excluding steroid dienone is 4. The van der Waals surface area contributed by atoms with Crippen LogP contribution in [0, 0.1) is 5.92 Å². The van der Waals surface area contributed by atoms with Crippen LogP contribution in [0.1, 0.15) is 102 Å². The maximum absolute atomic E-state index is 13.2. The Morgan fingerprint density at radius 1 is 1.08 bits per heavy atom. The topological polar surface area (TPSA) is 114 Å². The average Bonchev–Trinajstić information content (AvgIpc) is 2.75. The van der Waals surface area contributed by atoms with E-state index >= 15 is 0 Å². The summed E-state index contributed by atoms with van der Waals surface area (Å²) in [6.45, 7) is 12.8. The van der Waals surface area contributed by atoms with Gasteiger partial charge in [0.15, 0.2) is 11.4 Å². The van der Waals surface area contributed by atoms with E-state index in [1.807, 2.05) is 40.7 Å². The van der Waals surface area contributed by atoms with Crippen LogP contribution < -0.4 is 5.63 Å². The fourth-order valence-electron chi connectivity index (χ4n) is 4.17. The van der Waals surface area contributed by atoms with E-state index in [9.17, 15) is 24.6 Å². The quantitative estimate of drug-likeness (QED) is 0.154. The van der Waals surface area contributed by atoms with Gasteiger partial charge in [-0.25, -0.2) is 4.79 Å². The van der Waals surface area contributed by atoms with Gasteiger partial charge in [0.05, 0.1) is 5.39 Å². The minimum Gasteiger partial charge on any atom is -0.507 e. The number of hydrogen-bond donors (Lipinski definition) is 2. The van der Waals surface area contributed by atoms with E-state index in [-0.39, 0.29) is 52.2 Å². The molecule has 0 aliphatic rings. The molecule has 0 fully saturated rings. The van der Waals surface area contributed by atoms with Crippen LogP contribution in [-0.2, 0) is 16.0 Å². The Hall–Kier alpha value is -3.35. The SMILES string of the molecule is CC[C@H](OC(C)=O)c1cc(=O)oc2c(C(=O)CC(C)C)c(O)c(CC=C(C)CCC=C(C)C)c(O)c12. The fraction of sp³-hybridized carbons (Fsp3) is 0.483. The number of phenolic OH excluding ortho intramolecular Hbond substituents is 2. The third-order valence-corrected chi connectivity index (χ3v) is 5.91. The molecule has 7 heteroatoms. The standard InChI is InChI=1S/C29H38O7/c1-8-23(35-19(7)30)21-15-24(32)36-29-25(21)27(33)20(13-12-18(6)11-9-10-16(2)3)28(34)26(29)22(31)14-17(4)5/h10,12,15,17,23,33-34H,8-9,11,13-14H2,1-7H3/t23-/m0/s1. The number of carbonyl (C=O) groups excluding carboxylic acids is 2. The molecule has 0 unspecified atom stereocenters. The van der Waals surface area contributed by atoms with Crippen LogP contribution in [0.5, 0.6) is 11.5 Å². The highest BCUT2D eigenvalue weighted by atomic mass is 16.5. The number of benzene rings is 1. The maximum Gasteiger partial charge on any atom is 0.336 e. The number of esters is 1. The normalized spacial score (nSPS) is 12.6. The van der Waals surface area contributed by atoms with E-state index in [0.717, 1.165) is 24.5 Å². The molecule has 1 atom stereocenters. The van der Waals surface area contributed by atoms with Crippen molar-refractivity contribution in [2.75, 3.05) is 0 Å². The molecule has 0 radical (unpaired) electrons. The van der Waals surface area contributed by atoms with E-state index < -0.39 is 29.2 Å². The van der Waals surface area contributed by atoms with Gasteiger partial charge in [-0.2, -0.15) is 0 Å². The largest absolute Gasteiger partial charge is 0.507 e. The smallest absolute Gasteiger partial charge is 0.336 e. The van der Waals surface area contributed by atoms with Crippen LogP contribution in [-0.4, -0.2) is 22.0 Å². The molecule has 2 rings (SSSR count). The van der Waals surface area contributed by atoms with Gasteiger partial charge >= 0.3 is 11.6 Å². The van der Waals surface area contributed by atoms with Gasteiger partial charge in [-0.15, -0.1) is 0 Å². The summed E-state index contributed by atoms with van der Waals surface area (Å²) in [5.41, 5.74) is 1.57. The second kappa shape index (κ2) is 12.6. The number of fused-ring (bicyclic) bond motifs is 1. The minimum absolute atomic E-state index is 0.0132. The van der Waals surface area contributed by atoms with Crippen molar-refractivity contribution in [1.82, 2.24) is 0 Å². The van der Waals surface area contributed by atoms with Crippen LogP contribution in [0.15, 0.2) is 38.6 Å². The molecule has 0 aliphatic carbocycles. The number of phenols is 2. The first-order valence-electron chi connectivity index (χ1n) is 12.4. The summed E-state index contributed by atoms with van der Waals surface area (Å²) >= 11 is 0. The Morgan fingerprint density at radius 2 is 1.75 bits per heavy atom. The van der Waals surface area contributed by atoms with E-state index in [2.05, 4.69) is 6.08 Å². The number of ether oxygens (including phenoxy) is 1. The highest BCUT2D eigenvalue weighted by Crippen LogP contribution is 2.44. The molecule has 2 aromatic rings. The molecule has 196 valence electrons. The van der Waals surface area contributed by atoms with Crippen molar-refractivity contribution in [3.63, 3.8) is 0 Å². The molecule has 36 heavy (non-hydrogen) atoms. The number of rotatable bonds is 11. The lowest BCUT2D eigenvalue weighted by Crippen LogP contribution is -2.14. The van der Waals surface area contributed by atoms with Gasteiger partial charge in [0.2, 0.25) is 0 Å². The first-order chi connectivity index (χ1) is 16.9. The lowest BCUT2D eigenvalue weighted by Gasteiger charge is -2.20. The number of Topliss-reactive ketones (excluding diaryl/α,β-unsaturated/α-hetero) is 1. The summed E-state index contributed by atoms with van der Waals surface area (Å²) in [6.07, 6.45) is 5.48. The van der Waals surface area contributed by atoms with Gasteiger partial charge in [0.25, 0.3) is 0 Å². The molecule has 0 saturated heterocycles. The third kappa shape index (κ3) is 7.09. The second-order valence-corrected chi connectivity index (χ2v) is 9.88. The van der Waals surface area contributed by atoms with Crippen molar-refractivity contribution >= 4 is 22.7 Å². The first kappa shape index (κ1) is 28.9. The molecule has 0 saturated carbocycles. The van der Waals surface area contributed by atoms with Gasteiger partial charge in [-0.3, -0.25) is 9.59 Å². The Balaban J connectivity index is 2.82. The van der Waals surface area contributed by atoms with E-state index in [1.54, 1.807) is 6.92 Å². The van der Waals surface area contributed by atoms with Crippen molar-refractivity contribution in [3.8, 4) is 11.5 Å². The zero-order valence-electron chi connectivity index (χ0n) is 22.4. The van der Waals surface area contributed by atoms with Crippen molar-refractivity contribution in [1.29, 1.82) is 0 Å². The Kier molecular flexibility index (Phi) is 10.1. The van der Waals surface area contributed by atoms with Gasteiger partial charge < -0.3 is 19.4 Å². The second-order valence-electron chi connectivity index (χ2n) is 9.88. The summed E-state index contributed by atoms with van der Waals surface area (Å²) in [5.74, 6) is -1.67. The molecule has 2 N–H and O–H groups in total. The average molecular weight is 499 g/mol. The minimum atomic E-state index is -0.841. The molecular weight excluding hydrogens is 460 g/mol. The third-order valence-electron chi connectivity index (χ3n) is 5.91. The van der Waals surface area contributed by atoms with Gasteiger partial charge in [-0.1, -0.05) is 44.1 Å². The van der Waals surface area contributed by atoms with Gasteiger partial charge in [-0.05, 0) is 52.4 Å². The number of hydrogen-bond acceptors (Lipinski definition) is 7. The zero-order chi connectivity index (χ0) is 27.2. The Bertz CT molecular complexity index is 1240. The van der Waals surface area contributed by atoms with E-state index in [0.29, 0.717) is 6.42 Å². The summed E-state index contributed by atoms with van der Waals surface area (Å²) in [7, 11) is 0. The van der Waals surface area contributed by atoms with Crippen LogP contribution >= 0.6 is 0 Å². The molecule has 0 spiro atoms. The lowest BCUT2D eigenvalue weighted by molar-refractivity contribution is -0.146. The van der Waals surface area contributed by atoms with Crippen molar-refractivity contribution in [3.05, 3.63) is 56.5 Å². The monoisotopic (exact) mass is 498 g/mol. The number of carbonyl (C=O) groups is 2. The first-order valence-corrected chi connectivity index (χ1v) is 12.4. The fourth-order valence-corrected chi connectivity index (χ4v) is 4.17. The highest BCUT2D eigenvalue weighted by molar-refractivity contribution is 6.11. The maximum atomic E-state index is 13.2. The Labute approximate surface area is 212 Å². The molecule has 0 amide bonds. The molecule has 7 nitrogen and oxygen atoms in total. The lowest BCUT2D eigenvalue weighted by atomic mass is 9.91. The van der Waals surface area contributed by atoms with Gasteiger partial charge in [0, 0.05) is 30.5 Å². The molecule has 1 heterocycles. The molecule has 1 aromatic heterocycles. The summed E-state index contributed by atoms with van der Waals surface area (Å²) in [4.78, 5) is 37.4. The Morgan fingerprint density at radius 3 is 2.31 bits per heavy atom. The van der Waals surface area contributed by atoms with Gasteiger partial charge in [0.1, 0.15) is 23.2 Å². The highest BCUT2D eigenvalue weighted by Gasteiger charge is 2.29. The van der Waals surface area contributed by atoms with Crippen LogP contribution in [0.3, 0.4) is 0 Å². The predicted molar refractivity (Wildman–Crippen MR) is 141 cm³/mol. The van der Waals surface area contributed by atoms with Crippen LogP contribution in [0.4, 0.5) is 0 Å². The molecule has 0 bridgehead atoms. The van der Waals surface area contributed by atoms with Crippen molar-refractivity contribution in [2.45, 2.75) is 86.7 Å². The van der Waals surface area contributed by atoms with Crippen LogP contribution in [0.25, 0.3) is 11.0 Å². The molecular formula is C29H38O7. The summed E-state index contributed by atoms with van der Waals surface area (Å²) < 4.78 is 10.8. The summed E-state index contributed by atoms with van der Waals surface area (Å²) in [6, 6.07) is 1.16. The summed E-state index contributed by atoms with van der Waals surface area (Å²) in [5, 5.41) is 22.6. The molecule has 1 aromatic carbocycles. The van der Waals surface area contributed by atoms with Crippen molar-refractivity contribution in [2.24, 2.45) is 5.92 Å². The zero-order valence-corrected chi connectivity index (χ0v) is 22.4. The van der Waals surface area contributed by atoms with E-state index in [1.165, 1.54) is 12.5 Å². The number of ketones is 1. The van der Waals surface area contributed by atoms with E-state index in [4.69, 9.17) is 9.15 Å². The molecule has 0 aliphatic heterocycles. The number of aromatic hydroxyl groups is 2. The van der Waals surface area contributed by atoms with Crippen LogP contribution in [0.2, 0.25) is 0 Å².